The number of carbonyl (C=O) groups excluding carboxylic acids is 1. The number of nitrogens with zero attached hydrogens (tertiary/aromatic N) is 3. The molecule has 1 amide bonds. The van der Waals surface area contributed by atoms with E-state index in [1.807, 2.05) is 6.92 Å². The highest BCUT2D eigenvalue weighted by molar-refractivity contribution is 5.91. The molecule has 0 spiro atoms. The van der Waals surface area contributed by atoms with Crippen LogP contribution in [-0.4, -0.2) is 53.9 Å². The zero-order valence-electron chi connectivity index (χ0n) is 11.6. The summed E-state index contributed by atoms with van der Waals surface area (Å²) in [6.07, 6.45) is 2.35. The van der Waals surface area contributed by atoms with Crippen molar-refractivity contribution in [3.63, 3.8) is 0 Å². The van der Waals surface area contributed by atoms with Crippen molar-refractivity contribution in [1.82, 2.24) is 15.1 Å². The summed E-state index contributed by atoms with van der Waals surface area (Å²) in [6, 6.07) is 3.87. The average molecular weight is 264 g/mol. The Labute approximate surface area is 113 Å². The molecule has 0 unspecified atom stereocenters. The Hall–Kier alpha value is -1.69. The SMILES string of the molecule is CCOC1CC(Nc2ccc(C(=O)N(C)C)nn2)C1. The van der Waals surface area contributed by atoms with Crippen LogP contribution in [0.25, 0.3) is 0 Å². The molecule has 1 saturated carbocycles. The van der Waals surface area contributed by atoms with Gasteiger partial charge >= 0.3 is 0 Å². The Morgan fingerprint density at radius 2 is 2.16 bits per heavy atom. The summed E-state index contributed by atoms with van der Waals surface area (Å²) in [5.41, 5.74) is 0.358. The second-order valence-electron chi connectivity index (χ2n) is 4.89. The Morgan fingerprint density at radius 3 is 2.68 bits per heavy atom. The van der Waals surface area contributed by atoms with Crippen LogP contribution < -0.4 is 5.32 Å². The number of ether oxygens (including phenoxy) is 1. The number of rotatable bonds is 5. The minimum absolute atomic E-state index is 0.140. The lowest BCUT2D eigenvalue weighted by atomic mass is 9.89. The van der Waals surface area contributed by atoms with Gasteiger partial charge in [0.15, 0.2) is 5.69 Å². The standard InChI is InChI=1S/C13H20N4O2/c1-4-19-10-7-9(8-10)14-12-6-5-11(15-16-12)13(18)17(2)3/h5-6,9-10H,4,7-8H2,1-3H3,(H,14,16). The summed E-state index contributed by atoms with van der Waals surface area (Å²) in [6.45, 7) is 2.77. The van der Waals surface area contributed by atoms with E-state index in [-0.39, 0.29) is 5.91 Å². The molecule has 1 heterocycles. The third-order valence-electron chi connectivity index (χ3n) is 3.14. The van der Waals surface area contributed by atoms with Crippen LogP contribution in [0.5, 0.6) is 0 Å². The smallest absolute Gasteiger partial charge is 0.273 e. The van der Waals surface area contributed by atoms with Gasteiger partial charge in [0.1, 0.15) is 5.82 Å². The van der Waals surface area contributed by atoms with Crippen molar-refractivity contribution in [2.75, 3.05) is 26.0 Å². The van der Waals surface area contributed by atoms with Crippen molar-refractivity contribution in [2.24, 2.45) is 0 Å². The predicted octanol–water partition coefficient (Wildman–Crippen LogP) is 1.16. The van der Waals surface area contributed by atoms with Crippen LogP contribution in [0.15, 0.2) is 12.1 Å². The van der Waals surface area contributed by atoms with Crippen LogP contribution in [0.4, 0.5) is 5.82 Å². The number of amides is 1. The summed E-state index contributed by atoms with van der Waals surface area (Å²) >= 11 is 0. The second kappa shape index (κ2) is 5.97. The minimum Gasteiger partial charge on any atom is -0.378 e. The summed E-state index contributed by atoms with van der Waals surface area (Å²) in [5, 5.41) is 11.2. The summed E-state index contributed by atoms with van der Waals surface area (Å²) < 4.78 is 5.50. The lowest BCUT2D eigenvalue weighted by Gasteiger charge is -2.35. The van der Waals surface area contributed by atoms with Crippen molar-refractivity contribution in [3.8, 4) is 0 Å². The van der Waals surface area contributed by atoms with Gasteiger partial charge < -0.3 is 15.0 Å². The van der Waals surface area contributed by atoms with Gasteiger partial charge in [-0.3, -0.25) is 4.79 Å². The molecular weight excluding hydrogens is 244 g/mol. The summed E-state index contributed by atoms with van der Waals surface area (Å²) in [7, 11) is 3.39. The largest absolute Gasteiger partial charge is 0.378 e. The van der Waals surface area contributed by atoms with Gasteiger partial charge in [0.25, 0.3) is 5.91 Å². The van der Waals surface area contributed by atoms with Gasteiger partial charge in [0.2, 0.25) is 0 Å². The third kappa shape index (κ3) is 3.41. The van der Waals surface area contributed by atoms with E-state index in [4.69, 9.17) is 4.74 Å². The molecule has 1 N–H and O–H groups in total. The molecule has 6 nitrogen and oxygen atoms in total. The first-order valence-corrected chi connectivity index (χ1v) is 6.53. The first kappa shape index (κ1) is 13.7. The van der Waals surface area contributed by atoms with Crippen molar-refractivity contribution >= 4 is 11.7 Å². The van der Waals surface area contributed by atoms with E-state index in [9.17, 15) is 4.79 Å². The molecule has 0 atom stereocenters. The monoisotopic (exact) mass is 264 g/mol. The quantitative estimate of drug-likeness (QED) is 0.864. The van der Waals surface area contributed by atoms with Gasteiger partial charge in [0.05, 0.1) is 6.10 Å². The number of hydrogen-bond donors (Lipinski definition) is 1. The van der Waals surface area contributed by atoms with Crippen molar-refractivity contribution < 1.29 is 9.53 Å². The fourth-order valence-electron chi connectivity index (χ4n) is 2.02. The maximum Gasteiger partial charge on any atom is 0.273 e. The van der Waals surface area contributed by atoms with Gasteiger partial charge in [-0.25, -0.2) is 0 Å². The zero-order chi connectivity index (χ0) is 13.8. The fourth-order valence-corrected chi connectivity index (χ4v) is 2.02. The van der Waals surface area contributed by atoms with Crippen molar-refractivity contribution in [1.29, 1.82) is 0 Å². The number of carbonyl (C=O) groups is 1. The van der Waals surface area contributed by atoms with E-state index >= 15 is 0 Å². The molecule has 104 valence electrons. The Bertz CT molecular complexity index is 427. The van der Waals surface area contributed by atoms with Crippen LogP contribution >= 0.6 is 0 Å². The molecule has 1 aromatic heterocycles. The topological polar surface area (TPSA) is 67.3 Å². The van der Waals surface area contributed by atoms with Gasteiger partial charge in [-0.2, -0.15) is 0 Å². The highest BCUT2D eigenvalue weighted by atomic mass is 16.5. The van der Waals surface area contributed by atoms with Crippen LogP contribution in [0.1, 0.15) is 30.3 Å². The van der Waals surface area contributed by atoms with Gasteiger partial charge in [-0.1, -0.05) is 0 Å². The average Bonchev–Trinajstić information content (AvgIpc) is 2.36. The first-order chi connectivity index (χ1) is 9.10. The van der Waals surface area contributed by atoms with E-state index in [2.05, 4.69) is 15.5 Å². The number of nitrogens with one attached hydrogen (secondary N) is 1. The van der Waals surface area contributed by atoms with E-state index in [0.717, 1.165) is 19.4 Å². The highest BCUT2D eigenvalue weighted by Gasteiger charge is 2.29. The molecule has 0 aliphatic heterocycles. The molecule has 1 aliphatic rings. The van der Waals surface area contributed by atoms with Crippen LogP contribution in [0.2, 0.25) is 0 Å². The predicted molar refractivity (Wildman–Crippen MR) is 72.1 cm³/mol. The van der Waals surface area contributed by atoms with E-state index in [1.165, 1.54) is 4.90 Å². The number of anilines is 1. The molecule has 0 radical (unpaired) electrons. The van der Waals surface area contributed by atoms with Gasteiger partial charge in [-0.15, -0.1) is 10.2 Å². The molecule has 1 fully saturated rings. The lowest BCUT2D eigenvalue weighted by molar-refractivity contribution is 0.00291. The molecule has 0 saturated heterocycles. The second-order valence-corrected chi connectivity index (χ2v) is 4.89. The molecule has 2 rings (SSSR count). The van der Waals surface area contributed by atoms with Crippen molar-refractivity contribution in [2.45, 2.75) is 31.9 Å². The van der Waals surface area contributed by atoms with Crippen LogP contribution in [0.3, 0.4) is 0 Å². The van der Waals surface area contributed by atoms with E-state index in [0.29, 0.717) is 23.7 Å². The molecule has 19 heavy (non-hydrogen) atoms. The highest BCUT2D eigenvalue weighted by Crippen LogP contribution is 2.25. The zero-order valence-corrected chi connectivity index (χ0v) is 11.6. The molecule has 1 aromatic rings. The Kier molecular flexibility index (Phi) is 4.31. The van der Waals surface area contributed by atoms with Gasteiger partial charge in [-0.05, 0) is 31.9 Å². The van der Waals surface area contributed by atoms with Gasteiger partial charge in [0, 0.05) is 26.7 Å². The minimum atomic E-state index is -0.140. The maximum atomic E-state index is 11.6. The first-order valence-electron chi connectivity index (χ1n) is 6.53. The molecule has 0 aromatic carbocycles. The van der Waals surface area contributed by atoms with Crippen LogP contribution in [-0.2, 0) is 4.74 Å². The fraction of sp³-hybridized carbons (Fsp3) is 0.615. The van der Waals surface area contributed by atoms with Crippen molar-refractivity contribution in [3.05, 3.63) is 17.8 Å². The van der Waals surface area contributed by atoms with E-state index < -0.39 is 0 Å². The molecule has 0 bridgehead atoms. The third-order valence-corrected chi connectivity index (χ3v) is 3.14. The number of aromatic nitrogens is 2. The normalized spacial score (nSPS) is 21.6. The summed E-state index contributed by atoms with van der Waals surface area (Å²) in [5.74, 6) is 0.564. The molecule has 6 heteroatoms. The Balaban J connectivity index is 1.85. The van der Waals surface area contributed by atoms with Crippen LogP contribution in [0, 0.1) is 0 Å². The Morgan fingerprint density at radius 1 is 1.42 bits per heavy atom. The lowest BCUT2D eigenvalue weighted by Crippen LogP contribution is -2.41. The number of hydrogen-bond acceptors (Lipinski definition) is 5. The van der Waals surface area contributed by atoms with E-state index in [1.54, 1.807) is 26.2 Å². The molecular formula is C13H20N4O2. The maximum absolute atomic E-state index is 11.6. The molecule has 1 aliphatic carbocycles. The summed E-state index contributed by atoms with van der Waals surface area (Å²) in [4.78, 5) is 13.1.